The second kappa shape index (κ2) is 8.76. The Bertz CT molecular complexity index is 509. The lowest BCUT2D eigenvalue weighted by Crippen LogP contribution is -2.29. The molecule has 0 fully saturated rings. The number of methoxy groups -OCH3 is 1. The SMILES string of the molecule is COC(=O)/C(C)=C/c1ccc(OCCCC(=O)NN)cc1. The van der Waals surface area contributed by atoms with Gasteiger partial charge in [0.2, 0.25) is 5.91 Å². The van der Waals surface area contributed by atoms with Gasteiger partial charge in [-0.25, -0.2) is 10.6 Å². The predicted octanol–water partition coefficient (Wildman–Crippen LogP) is 1.41. The van der Waals surface area contributed by atoms with E-state index in [9.17, 15) is 9.59 Å². The number of amides is 1. The third-order valence-corrected chi connectivity index (χ3v) is 2.75. The van der Waals surface area contributed by atoms with Crippen LogP contribution < -0.4 is 16.0 Å². The maximum Gasteiger partial charge on any atom is 0.333 e. The van der Waals surface area contributed by atoms with Crippen LogP contribution in [0.3, 0.4) is 0 Å². The van der Waals surface area contributed by atoms with Crippen LogP contribution in [-0.4, -0.2) is 25.6 Å². The van der Waals surface area contributed by atoms with Crippen molar-refractivity contribution in [3.8, 4) is 5.75 Å². The zero-order valence-electron chi connectivity index (χ0n) is 12.2. The van der Waals surface area contributed by atoms with E-state index in [1.54, 1.807) is 25.1 Å². The van der Waals surface area contributed by atoms with Gasteiger partial charge >= 0.3 is 5.97 Å². The second-order valence-electron chi connectivity index (χ2n) is 4.41. The lowest BCUT2D eigenvalue weighted by atomic mass is 10.1. The van der Waals surface area contributed by atoms with Crippen LogP contribution >= 0.6 is 0 Å². The number of esters is 1. The molecule has 0 aliphatic heterocycles. The van der Waals surface area contributed by atoms with E-state index in [-0.39, 0.29) is 11.9 Å². The Kier molecular flexibility index (Phi) is 6.97. The summed E-state index contributed by atoms with van der Waals surface area (Å²) in [5, 5.41) is 0. The zero-order chi connectivity index (χ0) is 15.7. The minimum Gasteiger partial charge on any atom is -0.494 e. The molecule has 114 valence electrons. The Morgan fingerprint density at radius 1 is 1.29 bits per heavy atom. The van der Waals surface area contributed by atoms with Crippen LogP contribution in [0.25, 0.3) is 6.08 Å². The third-order valence-electron chi connectivity index (χ3n) is 2.75. The van der Waals surface area contributed by atoms with Gasteiger partial charge in [0.15, 0.2) is 0 Å². The average Bonchev–Trinajstić information content (AvgIpc) is 2.51. The first-order valence-electron chi connectivity index (χ1n) is 6.55. The second-order valence-corrected chi connectivity index (χ2v) is 4.41. The van der Waals surface area contributed by atoms with Crippen molar-refractivity contribution in [3.63, 3.8) is 0 Å². The first kappa shape index (κ1) is 16.7. The maximum absolute atomic E-state index is 11.3. The maximum atomic E-state index is 11.3. The van der Waals surface area contributed by atoms with Gasteiger partial charge < -0.3 is 9.47 Å². The van der Waals surface area contributed by atoms with Crippen molar-refractivity contribution in [1.82, 2.24) is 5.43 Å². The fourth-order valence-electron chi connectivity index (χ4n) is 1.63. The highest BCUT2D eigenvalue weighted by Crippen LogP contribution is 2.15. The Hall–Kier alpha value is -2.34. The summed E-state index contributed by atoms with van der Waals surface area (Å²) in [6.07, 6.45) is 2.66. The summed E-state index contributed by atoms with van der Waals surface area (Å²) in [6.45, 7) is 2.13. The number of hydrogen-bond donors (Lipinski definition) is 2. The molecule has 1 aromatic carbocycles. The van der Waals surface area contributed by atoms with Crippen LogP contribution in [0.5, 0.6) is 5.75 Å². The number of nitrogens with two attached hydrogens (primary N) is 1. The number of benzene rings is 1. The average molecular weight is 292 g/mol. The summed E-state index contributed by atoms with van der Waals surface area (Å²) in [5.41, 5.74) is 3.47. The first-order valence-corrected chi connectivity index (χ1v) is 6.55. The molecular weight excluding hydrogens is 272 g/mol. The van der Waals surface area contributed by atoms with E-state index in [1.165, 1.54) is 7.11 Å². The van der Waals surface area contributed by atoms with E-state index < -0.39 is 0 Å². The van der Waals surface area contributed by atoms with Gasteiger partial charge in [0.25, 0.3) is 0 Å². The van der Waals surface area contributed by atoms with Crippen molar-refractivity contribution in [1.29, 1.82) is 0 Å². The number of hydrazine groups is 1. The molecule has 1 aromatic rings. The van der Waals surface area contributed by atoms with E-state index in [0.717, 1.165) is 5.56 Å². The predicted molar refractivity (Wildman–Crippen MR) is 79.2 cm³/mol. The summed E-state index contributed by atoms with van der Waals surface area (Å²) < 4.78 is 10.1. The molecule has 1 rings (SSSR count). The summed E-state index contributed by atoms with van der Waals surface area (Å²) in [6, 6.07) is 7.29. The quantitative estimate of drug-likeness (QED) is 0.198. The van der Waals surface area contributed by atoms with Crippen molar-refractivity contribution in [3.05, 3.63) is 35.4 Å². The molecule has 0 bridgehead atoms. The van der Waals surface area contributed by atoms with Gasteiger partial charge in [-0.05, 0) is 37.1 Å². The smallest absolute Gasteiger partial charge is 0.333 e. The lowest BCUT2D eigenvalue weighted by Gasteiger charge is -2.06. The normalized spacial score (nSPS) is 10.9. The number of carbonyl (C=O) groups is 2. The Balaban J connectivity index is 2.47. The molecule has 0 saturated carbocycles. The van der Waals surface area contributed by atoms with Gasteiger partial charge in [0, 0.05) is 12.0 Å². The molecule has 0 radical (unpaired) electrons. The van der Waals surface area contributed by atoms with Gasteiger partial charge in [0.1, 0.15) is 5.75 Å². The van der Waals surface area contributed by atoms with Crippen LogP contribution in [0.4, 0.5) is 0 Å². The van der Waals surface area contributed by atoms with Crippen LogP contribution in [0, 0.1) is 0 Å². The molecule has 0 saturated heterocycles. The van der Waals surface area contributed by atoms with Crippen LogP contribution in [0.1, 0.15) is 25.3 Å². The summed E-state index contributed by atoms with van der Waals surface area (Å²) in [4.78, 5) is 22.2. The Labute approximate surface area is 123 Å². The van der Waals surface area contributed by atoms with Crippen molar-refractivity contribution >= 4 is 18.0 Å². The van der Waals surface area contributed by atoms with E-state index in [2.05, 4.69) is 10.2 Å². The van der Waals surface area contributed by atoms with E-state index in [0.29, 0.717) is 30.8 Å². The standard InChI is InChI=1S/C15H20N2O4/c1-11(15(19)20-2)10-12-5-7-13(8-6-12)21-9-3-4-14(18)17-16/h5-8,10H,3-4,9,16H2,1-2H3,(H,17,18)/b11-10+. The first-order chi connectivity index (χ1) is 10.1. The number of ether oxygens (including phenoxy) is 2. The van der Waals surface area contributed by atoms with E-state index >= 15 is 0 Å². The van der Waals surface area contributed by atoms with Crippen molar-refractivity contribution in [2.75, 3.05) is 13.7 Å². The number of rotatable bonds is 7. The van der Waals surface area contributed by atoms with Crippen LogP contribution in [0.15, 0.2) is 29.8 Å². The molecule has 0 aliphatic carbocycles. The molecule has 21 heavy (non-hydrogen) atoms. The third kappa shape index (κ3) is 6.09. The van der Waals surface area contributed by atoms with Crippen molar-refractivity contribution < 1.29 is 19.1 Å². The molecule has 0 aliphatic rings. The van der Waals surface area contributed by atoms with Crippen molar-refractivity contribution in [2.45, 2.75) is 19.8 Å². The van der Waals surface area contributed by atoms with Gasteiger partial charge in [-0.1, -0.05) is 12.1 Å². The monoisotopic (exact) mass is 292 g/mol. The summed E-state index contributed by atoms with van der Waals surface area (Å²) in [5.74, 6) is 5.11. The highest BCUT2D eigenvalue weighted by molar-refractivity contribution is 5.92. The Morgan fingerprint density at radius 3 is 2.52 bits per heavy atom. The number of hydrogen-bond acceptors (Lipinski definition) is 5. The largest absolute Gasteiger partial charge is 0.494 e. The van der Waals surface area contributed by atoms with Gasteiger partial charge in [0.05, 0.1) is 13.7 Å². The van der Waals surface area contributed by atoms with Gasteiger partial charge in [-0.15, -0.1) is 0 Å². The number of carbonyl (C=O) groups excluding carboxylic acids is 2. The van der Waals surface area contributed by atoms with Crippen LogP contribution in [-0.2, 0) is 14.3 Å². The fourth-order valence-corrected chi connectivity index (χ4v) is 1.63. The fraction of sp³-hybridized carbons (Fsp3) is 0.333. The summed E-state index contributed by atoms with van der Waals surface area (Å²) >= 11 is 0. The molecule has 0 heterocycles. The zero-order valence-corrected chi connectivity index (χ0v) is 12.2. The summed E-state index contributed by atoms with van der Waals surface area (Å²) in [7, 11) is 1.35. The van der Waals surface area contributed by atoms with Crippen molar-refractivity contribution in [2.24, 2.45) is 5.84 Å². The van der Waals surface area contributed by atoms with Gasteiger partial charge in [-0.3, -0.25) is 10.2 Å². The molecule has 3 N–H and O–H groups in total. The number of nitrogens with one attached hydrogen (secondary N) is 1. The molecule has 1 amide bonds. The van der Waals surface area contributed by atoms with E-state index in [1.807, 2.05) is 12.1 Å². The molecule has 6 heteroatoms. The highest BCUT2D eigenvalue weighted by atomic mass is 16.5. The van der Waals surface area contributed by atoms with Gasteiger partial charge in [-0.2, -0.15) is 0 Å². The minimum absolute atomic E-state index is 0.211. The molecule has 0 spiro atoms. The lowest BCUT2D eigenvalue weighted by molar-refractivity contribution is -0.135. The molecule has 6 nitrogen and oxygen atoms in total. The molecular formula is C15H20N2O4. The highest BCUT2D eigenvalue weighted by Gasteiger charge is 2.03. The van der Waals surface area contributed by atoms with Crippen LogP contribution in [0.2, 0.25) is 0 Å². The molecule has 0 aromatic heterocycles. The minimum atomic E-state index is -0.353. The molecule has 0 atom stereocenters. The topological polar surface area (TPSA) is 90.6 Å². The Morgan fingerprint density at radius 2 is 1.95 bits per heavy atom. The molecule has 0 unspecified atom stereocenters. The van der Waals surface area contributed by atoms with E-state index in [4.69, 9.17) is 10.6 Å².